The lowest BCUT2D eigenvalue weighted by atomic mass is 10.1. The van der Waals surface area contributed by atoms with E-state index >= 15 is 0 Å². The van der Waals surface area contributed by atoms with Gasteiger partial charge >= 0.3 is 5.69 Å². The van der Waals surface area contributed by atoms with Gasteiger partial charge in [0.25, 0.3) is 5.91 Å². The Labute approximate surface area is 145 Å². The van der Waals surface area contributed by atoms with Crippen molar-refractivity contribution in [1.82, 2.24) is 9.55 Å². The molecule has 2 heterocycles. The van der Waals surface area contributed by atoms with Crippen LogP contribution in [0.4, 0.5) is 10.2 Å². The lowest BCUT2D eigenvalue weighted by molar-refractivity contribution is -0.0279. The molecule has 1 aromatic heterocycles. The summed E-state index contributed by atoms with van der Waals surface area (Å²) in [5.74, 6) is -0.489. The molecular formula is C17H18FN3O4. The van der Waals surface area contributed by atoms with E-state index in [9.17, 15) is 19.1 Å². The van der Waals surface area contributed by atoms with Crippen molar-refractivity contribution in [2.45, 2.75) is 37.9 Å². The molecule has 132 valence electrons. The number of nitrogens with one attached hydrogen (secondary N) is 1. The minimum atomic E-state index is -2.01. The molecule has 1 aliphatic rings. The van der Waals surface area contributed by atoms with E-state index in [0.717, 1.165) is 11.5 Å². The standard InChI is InChI=1S/C17H18FN3O4/c1-2-11-14(22)13(18)16(25-11)21-9-8-12(20-17(21)24)19-15(23)10-6-4-3-5-7-10/h3-9,11,13-14,16,22H,2H2,1H3,(H,19,20,23,24)/t11-,13-,14-,16-/m1/s1/i2D2. The lowest BCUT2D eigenvalue weighted by Gasteiger charge is -2.16. The van der Waals surface area contributed by atoms with E-state index < -0.39 is 42.6 Å². The fourth-order valence-corrected chi connectivity index (χ4v) is 2.55. The molecule has 1 saturated heterocycles. The molecule has 7 nitrogen and oxygen atoms in total. The third kappa shape index (κ3) is 3.45. The van der Waals surface area contributed by atoms with Crippen molar-refractivity contribution >= 4 is 11.7 Å². The summed E-state index contributed by atoms with van der Waals surface area (Å²) in [7, 11) is 0. The van der Waals surface area contributed by atoms with Crippen molar-refractivity contribution < 1.29 is 21.8 Å². The number of aliphatic hydroxyl groups excluding tert-OH is 1. The smallest absolute Gasteiger partial charge is 0.351 e. The third-order valence-electron chi connectivity index (χ3n) is 3.86. The summed E-state index contributed by atoms with van der Waals surface area (Å²) in [5.41, 5.74) is -0.527. The molecule has 0 unspecified atom stereocenters. The minimum Gasteiger partial charge on any atom is -0.387 e. The molecule has 25 heavy (non-hydrogen) atoms. The van der Waals surface area contributed by atoms with E-state index in [0.29, 0.717) is 5.56 Å². The molecule has 0 radical (unpaired) electrons. The number of alkyl halides is 1. The highest BCUT2D eigenvalue weighted by Gasteiger charge is 2.44. The number of nitrogens with zero attached hydrogens (tertiary/aromatic N) is 2. The Kier molecular flexibility index (Phi) is 4.20. The topological polar surface area (TPSA) is 93.5 Å². The second kappa shape index (κ2) is 7.12. The first-order valence-corrected chi connectivity index (χ1v) is 7.61. The van der Waals surface area contributed by atoms with Gasteiger partial charge in [-0.1, -0.05) is 25.1 Å². The maximum Gasteiger partial charge on any atom is 0.351 e. The molecule has 0 aliphatic carbocycles. The number of carbonyl (C=O) groups excluding carboxylic acids is 1. The lowest BCUT2D eigenvalue weighted by Crippen LogP contribution is -2.33. The quantitative estimate of drug-likeness (QED) is 0.873. The summed E-state index contributed by atoms with van der Waals surface area (Å²) in [4.78, 5) is 28.0. The number of ether oxygens (including phenoxy) is 1. The van der Waals surface area contributed by atoms with Crippen LogP contribution in [0.5, 0.6) is 0 Å². The number of aromatic nitrogens is 2. The van der Waals surface area contributed by atoms with Gasteiger partial charge in [-0.15, -0.1) is 0 Å². The summed E-state index contributed by atoms with van der Waals surface area (Å²) in [6.45, 7) is 1.15. The molecule has 1 amide bonds. The van der Waals surface area contributed by atoms with Crippen LogP contribution in [0.1, 0.15) is 32.6 Å². The van der Waals surface area contributed by atoms with E-state index in [1.54, 1.807) is 30.3 Å². The van der Waals surface area contributed by atoms with Gasteiger partial charge in [0.15, 0.2) is 12.4 Å². The van der Waals surface area contributed by atoms with E-state index in [1.165, 1.54) is 12.3 Å². The largest absolute Gasteiger partial charge is 0.387 e. The second-order valence-corrected chi connectivity index (χ2v) is 5.49. The average molecular weight is 349 g/mol. The fraction of sp³-hybridized carbons (Fsp3) is 0.353. The van der Waals surface area contributed by atoms with Crippen LogP contribution in [0.3, 0.4) is 0 Å². The highest BCUT2D eigenvalue weighted by Crippen LogP contribution is 2.32. The van der Waals surface area contributed by atoms with Crippen LogP contribution >= 0.6 is 0 Å². The Hall–Kier alpha value is -2.58. The number of halogens is 1. The summed E-state index contributed by atoms with van der Waals surface area (Å²) in [6, 6.07) is 9.61. The van der Waals surface area contributed by atoms with E-state index in [2.05, 4.69) is 10.3 Å². The molecule has 0 bridgehead atoms. The molecule has 2 aromatic rings. The molecular weight excluding hydrogens is 329 g/mol. The van der Waals surface area contributed by atoms with Crippen molar-refractivity contribution in [2.24, 2.45) is 0 Å². The number of aliphatic hydroxyl groups is 1. The zero-order valence-corrected chi connectivity index (χ0v) is 13.3. The maximum absolute atomic E-state index is 14.4. The normalized spacial score (nSPS) is 27.5. The molecule has 0 saturated carbocycles. The van der Waals surface area contributed by atoms with Crippen molar-refractivity contribution in [3.8, 4) is 0 Å². The summed E-state index contributed by atoms with van der Waals surface area (Å²) in [5, 5.41) is 12.3. The van der Waals surface area contributed by atoms with Crippen molar-refractivity contribution in [3.63, 3.8) is 0 Å². The SMILES string of the molecule is [2H]C([2H])(C)[C@H]1O[C@@H](n2ccc(NC(=O)c3ccccc3)nc2=O)[C@H](F)[C@@H]1O. The predicted octanol–water partition coefficient (Wildman–Crippen LogP) is 1.50. The predicted molar refractivity (Wildman–Crippen MR) is 88.0 cm³/mol. The zero-order chi connectivity index (χ0) is 19.8. The number of anilines is 1. The number of benzene rings is 1. The first kappa shape index (κ1) is 14.7. The van der Waals surface area contributed by atoms with Crippen molar-refractivity contribution in [1.29, 1.82) is 0 Å². The van der Waals surface area contributed by atoms with Gasteiger partial charge in [-0.25, -0.2) is 9.18 Å². The molecule has 1 aliphatic heterocycles. The third-order valence-corrected chi connectivity index (χ3v) is 3.86. The van der Waals surface area contributed by atoms with Crippen LogP contribution in [-0.2, 0) is 4.74 Å². The number of carbonyl (C=O) groups is 1. The Morgan fingerprint density at radius 2 is 2.16 bits per heavy atom. The number of rotatable bonds is 4. The zero-order valence-electron chi connectivity index (χ0n) is 15.3. The van der Waals surface area contributed by atoms with Gasteiger partial charge in [-0.3, -0.25) is 9.36 Å². The van der Waals surface area contributed by atoms with Crippen LogP contribution in [0, 0.1) is 0 Å². The van der Waals surface area contributed by atoms with Gasteiger partial charge in [0.05, 0.1) is 6.10 Å². The van der Waals surface area contributed by atoms with Crippen LogP contribution < -0.4 is 11.0 Å². The van der Waals surface area contributed by atoms with E-state index in [4.69, 9.17) is 7.48 Å². The fourth-order valence-electron chi connectivity index (χ4n) is 2.55. The van der Waals surface area contributed by atoms with Gasteiger partial charge in [0.1, 0.15) is 11.9 Å². The molecule has 8 heteroatoms. The van der Waals surface area contributed by atoms with Crippen LogP contribution in [-0.4, -0.2) is 38.9 Å². The molecule has 1 aromatic carbocycles. The highest BCUT2D eigenvalue weighted by molar-refractivity contribution is 6.03. The van der Waals surface area contributed by atoms with E-state index in [-0.39, 0.29) is 5.82 Å². The van der Waals surface area contributed by atoms with Crippen molar-refractivity contribution in [3.05, 3.63) is 58.6 Å². The Bertz CT molecular complexity index is 888. The average Bonchev–Trinajstić information content (AvgIpc) is 2.91. The Morgan fingerprint density at radius 3 is 2.76 bits per heavy atom. The van der Waals surface area contributed by atoms with Gasteiger partial charge < -0.3 is 15.2 Å². The Balaban J connectivity index is 1.79. The second-order valence-electron chi connectivity index (χ2n) is 5.49. The van der Waals surface area contributed by atoms with Gasteiger partial charge in [-0.05, 0) is 24.6 Å². The van der Waals surface area contributed by atoms with E-state index in [1.807, 2.05) is 0 Å². The molecule has 1 fully saturated rings. The van der Waals surface area contributed by atoms with Crippen LogP contribution in [0.25, 0.3) is 0 Å². The monoisotopic (exact) mass is 349 g/mol. The highest BCUT2D eigenvalue weighted by atomic mass is 19.1. The summed E-state index contributed by atoms with van der Waals surface area (Å²) >= 11 is 0. The molecule has 4 atom stereocenters. The first-order chi connectivity index (χ1) is 12.7. The van der Waals surface area contributed by atoms with Crippen LogP contribution in [0.15, 0.2) is 47.4 Å². The van der Waals surface area contributed by atoms with Gasteiger partial charge in [-0.2, -0.15) is 4.98 Å². The van der Waals surface area contributed by atoms with Crippen molar-refractivity contribution in [2.75, 3.05) is 5.32 Å². The van der Waals surface area contributed by atoms with Gasteiger partial charge in [0, 0.05) is 14.5 Å². The summed E-state index contributed by atoms with van der Waals surface area (Å²) in [6.07, 6.45) is -7.50. The summed E-state index contributed by atoms with van der Waals surface area (Å²) < 4.78 is 35.6. The minimum absolute atomic E-state index is 0.0265. The molecule has 0 spiro atoms. The molecule has 3 rings (SSSR count). The number of hydrogen-bond acceptors (Lipinski definition) is 5. The Morgan fingerprint density at radius 1 is 1.44 bits per heavy atom. The van der Waals surface area contributed by atoms with Crippen LogP contribution in [0.2, 0.25) is 0 Å². The molecule has 2 N–H and O–H groups in total. The van der Waals surface area contributed by atoms with Gasteiger partial charge in [0.2, 0.25) is 0 Å². The first-order valence-electron chi connectivity index (χ1n) is 8.61. The maximum atomic E-state index is 14.4. The number of hydrogen-bond donors (Lipinski definition) is 2. The number of amides is 1.